The van der Waals surface area contributed by atoms with E-state index in [0.717, 1.165) is 36.4 Å². The minimum atomic E-state index is -4.82. The SMILES string of the molecule is O=S(=O)([O-])c1cccc(P(c2cccc(S(=O)(=O)[O-])c2)c2cccc(S(=O)(=O)[O-])c2)c1. The number of benzene rings is 3. The molecule has 3 rings (SSSR count). The molecule has 0 bridgehead atoms. The van der Waals surface area contributed by atoms with Crippen LogP contribution in [0.15, 0.2) is 87.5 Å². The highest BCUT2D eigenvalue weighted by molar-refractivity contribution is 7.86. The average molecular weight is 499 g/mol. The van der Waals surface area contributed by atoms with Gasteiger partial charge in [-0.2, -0.15) is 0 Å². The van der Waals surface area contributed by atoms with Crippen molar-refractivity contribution < 1.29 is 38.9 Å². The Bertz CT molecular complexity index is 1280. The molecule has 0 aliphatic rings. The molecule has 0 radical (unpaired) electrons. The Morgan fingerprint density at radius 2 is 0.742 bits per heavy atom. The maximum Gasteiger partial charge on any atom is 0.124 e. The van der Waals surface area contributed by atoms with E-state index in [1.165, 1.54) is 36.4 Å². The predicted octanol–water partition coefficient (Wildman–Crippen LogP) is 0.157. The second-order valence-electron chi connectivity index (χ2n) is 6.19. The predicted molar refractivity (Wildman–Crippen MR) is 109 cm³/mol. The lowest BCUT2D eigenvalue weighted by Gasteiger charge is -2.22. The minimum Gasteiger partial charge on any atom is -0.744 e. The Balaban J connectivity index is 2.31. The summed E-state index contributed by atoms with van der Waals surface area (Å²) in [7, 11) is -16.3. The molecule has 13 heteroatoms. The fourth-order valence-electron chi connectivity index (χ4n) is 2.78. The van der Waals surface area contributed by atoms with Crippen LogP contribution in [0.3, 0.4) is 0 Å². The normalized spacial score (nSPS) is 12.8. The van der Waals surface area contributed by atoms with Crippen LogP contribution in [0.2, 0.25) is 0 Å². The van der Waals surface area contributed by atoms with E-state index in [9.17, 15) is 38.9 Å². The van der Waals surface area contributed by atoms with E-state index in [-0.39, 0.29) is 15.9 Å². The van der Waals surface area contributed by atoms with Gasteiger partial charge in [0.15, 0.2) is 0 Å². The van der Waals surface area contributed by atoms with Gasteiger partial charge < -0.3 is 13.7 Å². The van der Waals surface area contributed by atoms with Crippen molar-refractivity contribution in [3.05, 3.63) is 72.8 Å². The molecule has 0 saturated carbocycles. The largest absolute Gasteiger partial charge is 0.744 e. The zero-order chi connectivity index (χ0) is 23.0. The molecule has 0 saturated heterocycles. The van der Waals surface area contributed by atoms with E-state index >= 15 is 0 Å². The van der Waals surface area contributed by atoms with E-state index in [4.69, 9.17) is 0 Å². The Labute approximate surface area is 180 Å². The number of hydrogen-bond donors (Lipinski definition) is 0. The third kappa shape index (κ3) is 5.55. The van der Waals surface area contributed by atoms with Crippen molar-refractivity contribution in [1.29, 1.82) is 0 Å². The van der Waals surface area contributed by atoms with E-state index < -0.39 is 53.0 Å². The smallest absolute Gasteiger partial charge is 0.124 e. The lowest BCUT2D eigenvalue weighted by Crippen LogP contribution is -2.23. The van der Waals surface area contributed by atoms with Crippen molar-refractivity contribution >= 4 is 54.2 Å². The third-order valence-electron chi connectivity index (χ3n) is 4.09. The Kier molecular flexibility index (Phi) is 6.36. The van der Waals surface area contributed by atoms with Gasteiger partial charge in [0, 0.05) is 0 Å². The maximum atomic E-state index is 11.5. The summed E-state index contributed by atoms with van der Waals surface area (Å²) in [5.74, 6) is 0. The van der Waals surface area contributed by atoms with E-state index in [1.54, 1.807) is 0 Å². The van der Waals surface area contributed by atoms with Crippen LogP contribution in [0, 0.1) is 0 Å². The third-order valence-corrected chi connectivity index (χ3v) is 8.97. The summed E-state index contributed by atoms with van der Waals surface area (Å²) in [5.41, 5.74) is 0. The van der Waals surface area contributed by atoms with Crippen molar-refractivity contribution in [1.82, 2.24) is 0 Å². The van der Waals surface area contributed by atoms with Crippen LogP contribution in [0.4, 0.5) is 0 Å². The number of hydrogen-bond acceptors (Lipinski definition) is 9. The molecule has 0 spiro atoms. The van der Waals surface area contributed by atoms with Crippen molar-refractivity contribution in [3.8, 4) is 0 Å². The molecular formula is C18H12O9PS3-3. The molecule has 0 N–H and O–H groups in total. The molecule has 3 aromatic rings. The zero-order valence-electron chi connectivity index (χ0n) is 15.3. The highest BCUT2D eigenvalue weighted by Gasteiger charge is 2.20. The molecule has 0 atom stereocenters. The van der Waals surface area contributed by atoms with E-state index in [0.29, 0.717) is 0 Å². The van der Waals surface area contributed by atoms with Crippen LogP contribution < -0.4 is 15.9 Å². The zero-order valence-corrected chi connectivity index (χ0v) is 18.6. The molecule has 0 heterocycles. The fraction of sp³-hybridized carbons (Fsp3) is 0. The van der Waals surface area contributed by atoms with Gasteiger partial charge in [0.05, 0.1) is 14.7 Å². The summed E-state index contributed by atoms with van der Waals surface area (Å²) < 4.78 is 103. The van der Waals surface area contributed by atoms with Crippen LogP contribution >= 0.6 is 7.92 Å². The first-order chi connectivity index (χ1) is 14.3. The molecule has 0 aliphatic carbocycles. The van der Waals surface area contributed by atoms with Crippen molar-refractivity contribution in [2.45, 2.75) is 14.7 Å². The Morgan fingerprint density at radius 1 is 0.484 bits per heavy atom. The summed E-state index contributed by atoms with van der Waals surface area (Å²) >= 11 is 0. The molecular weight excluding hydrogens is 487 g/mol. The van der Waals surface area contributed by atoms with Crippen LogP contribution in [-0.4, -0.2) is 38.9 Å². The quantitative estimate of drug-likeness (QED) is 0.338. The van der Waals surface area contributed by atoms with Crippen molar-refractivity contribution in [2.24, 2.45) is 0 Å². The molecule has 164 valence electrons. The topological polar surface area (TPSA) is 172 Å². The summed E-state index contributed by atoms with van der Waals surface area (Å²) in [5, 5.41) is 0.772. The van der Waals surface area contributed by atoms with E-state index in [1.807, 2.05) is 0 Å². The van der Waals surface area contributed by atoms with Crippen LogP contribution in [0.25, 0.3) is 0 Å². The fourth-order valence-corrected chi connectivity index (χ4v) is 7.00. The molecule has 0 fully saturated rings. The average Bonchev–Trinajstić information content (AvgIpc) is 2.67. The minimum absolute atomic E-state index is 0.257. The van der Waals surface area contributed by atoms with Gasteiger partial charge in [0.1, 0.15) is 30.4 Å². The van der Waals surface area contributed by atoms with Gasteiger partial charge >= 0.3 is 0 Å². The maximum absolute atomic E-state index is 11.5. The van der Waals surface area contributed by atoms with Gasteiger partial charge in [0.25, 0.3) is 0 Å². The van der Waals surface area contributed by atoms with Gasteiger partial charge in [-0.25, -0.2) is 25.3 Å². The van der Waals surface area contributed by atoms with Crippen LogP contribution in [-0.2, 0) is 30.4 Å². The Hall–Kier alpha value is -2.18. The molecule has 0 aliphatic heterocycles. The van der Waals surface area contributed by atoms with Crippen LogP contribution in [0.1, 0.15) is 0 Å². The monoisotopic (exact) mass is 499 g/mol. The number of rotatable bonds is 6. The summed E-state index contributed by atoms with van der Waals surface area (Å²) in [6.07, 6.45) is 0. The summed E-state index contributed by atoms with van der Waals surface area (Å²) in [6, 6.07) is 14.8. The highest BCUT2D eigenvalue weighted by atomic mass is 32.2. The first kappa shape index (κ1) is 23.5. The first-order valence-electron chi connectivity index (χ1n) is 8.25. The molecule has 31 heavy (non-hydrogen) atoms. The molecule has 9 nitrogen and oxygen atoms in total. The van der Waals surface area contributed by atoms with Gasteiger partial charge in [-0.3, -0.25) is 0 Å². The first-order valence-corrected chi connectivity index (χ1v) is 13.8. The molecule has 0 amide bonds. The molecule has 0 unspecified atom stereocenters. The van der Waals surface area contributed by atoms with Crippen LogP contribution in [0.5, 0.6) is 0 Å². The standard InChI is InChI=1S/C18H15O9PS3/c19-29(20,21)16-7-1-4-13(10-16)28(14-5-2-8-17(11-14)30(22,23)24)15-6-3-9-18(12-15)31(25,26)27/h1-12H,(H,19,20,21)(H,22,23,24)(H,25,26,27)/p-3. The lowest BCUT2D eigenvalue weighted by atomic mass is 10.3. The molecule has 0 aromatic heterocycles. The highest BCUT2D eigenvalue weighted by Crippen LogP contribution is 2.34. The van der Waals surface area contributed by atoms with Gasteiger partial charge in [0.2, 0.25) is 0 Å². The van der Waals surface area contributed by atoms with Crippen molar-refractivity contribution in [2.75, 3.05) is 0 Å². The Morgan fingerprint density at radius 3 is 0.968 bits per heavy atom. The van der Waals surface area contributed by atoms with Crippen molar-refractivity contribution in [3.63, 3.8) is 0 Å². The lowest BCUT2D eigenvalue weighted by molar-refractivity contribution is 0.461. The summed E-state index contributed by atoms with van der Waals surface area (Å²) in [4.78, 5) is -1.63. The summed E-state index contributed by atoms with van der Waals surface area (Å²) in [6.45, 7) is 0. The molecule has 3 aromatic carbocycles. The van der Waals surface area contributed by atoms with Gasteiger partial charge in [-0.1, -0.05) is 36.4 Å². The van der Waals surface area contributed by atoms with Gasteiger partial charge in [-0.05, 0) is 60.2 Å². The second-order valence-corrected chi connectivity index (χ2v) is 12.5. The van der Waals surface area contributed by atoms with Gasteiger partial charge in [-0.15, -0.1) is 0 Å². The van der Waals surface area contributed by atoms with E-state index in [2.05, 4.69) is 0 Å². The second kappa shape index (κ2) is 8.40.